The second kappa shape index (κ2) is 6.45. The zero-order valence-electron chi connectivity index (χ0n) is 9.73. The van der Waals surface area contributed by atoms with Crippen LogP contribution in [0.3, 0.4) is 0 Å². The van der Waals surface area contributed by atoms with Crippen molar-refractivity contribution in [2.24, 2.45) is 0 Å². The molecule has 2 atom stereocenters. The molecule has 2 heterocycles. The molecule has 2 aliphatic heterocycles. The van der Waals surface area contributed by atoms with Gasteiger partial charge in [0.15, 0.2) is 0 Å². The van der Waals surface area contributed by atoms with Crippen molar-refractivity contribution < 1.29 is 9.90 Å². The van der Waals surface area contributed by atoms with E-state index in [0.29, 0.717) is 6.42 Å². The Labute approximate surface area is 104 Å². The molecule has 0 saturated carbocycles. The number of piperidine rings is 1. The van der Waals surface area contributed by atoms with Crippen LogP contribution in [-0.2, 0) is 4.79 Å². The summed E-state index contributed by atoms with van der Waals surface area (Å²) in [4.78, 5) is 13.0. The lowest BCUT2D eigenvalue weighted by atomic mass is 10.0. The molecule has 4 heteroatoms. The number of rotatable bonds is 5. The average molecular weight is 248 g/mol. The summed E-state index contributed by atoms with van der Waals surface area (Å²) in [6.07, 6.45) is 9.13. The van der Waals surface area contributed by atoms with Gasteiger partial charge in [-0.25, -0.2) is 0 Å². The fourth-order valence-corrected chi connectivity index (χ4v) is 3.16. The molecule has 2 saturated heterocycles. The molecule has 0 amide bonds. The highest BCUT2D eigenvalue weighted by Crippen LogP contribution is 2.35. The molecule has 2 fully saturated rings. The number of nitrogens with zero attached hydrogens (tertiary/aromatic N) is 1. The van der Waals surface area contributed by atoms with Crippen molar-refractivity contribution in [3.05, 3.63) is 0 Å². The molecule has 2 bridgehead atoms. The number of fused-ring (bicyclic) bond motifs is 2. The van der Waals surface area contributed by atoms with Crippen LogP contribution >= 0.6 is 12.4 Å². The fraction of sp³-hybridized carbons (Fsp3) is 0.917. The lowest BCUT2D eigenvalue weighted by Crippen LogP contribution is -2.40. The topological polar surface area (TPSA) is 40.5 Å². The summed E-state index contributed by atoms with van der Waals surface area (Å²) in [5.41, 5.74) is 0. The number of hydrogen-bond donors (Lipinski definition) is 1. The van der Waals surface area contributed by atoms with Crippen LogP contribution in [0.5, 0.6) is 0 Å². The quantitative estimate of drug-likeness (QED) is 0.760. The summed E-state index contributed by atoms with van der Waals surface area (Å²) >= 11 is 0. The van der Waals surface area contributed by atoms with E-state index >= 15 is 0 Å². The Balaban J connectivity index is 0.00000128. The maximum Gasteiger partial charge on any atom is 0.303 e. The second-order valence-electron chi connectivity index (χ2n) is 4.90. The van der Waals surface area contributed by atoms with Crippen LogP contribution in [0.25, 0.3) is 0 Å². The standard InChI is InChI=1S/C12H21NO2.ClH/c14-12(15)6-1-2-9-13-10-4-3-5-11(13)8-7-10;/h10-11H,1-9H2,(H,14,15);1H. The molecule has 0 aromatic heterocycles. The molecule has 0 spiro atoms. The summed E-state index contributed by atoms with van der Waals surface area (Å²) in [7, 11) is 0. The Morgan fingerprint density at radius 3 is 2.31 bits per heavy atom. The van der Waals surface area contributed by atoms with Gasteiger partial charge in [-0.15, -0.1) is 12.4 Å². The Morgan fingerprint density at radius 2 is 1.75 bits per heavy atom. The first kappa shape index (κ1) is 13.8. The van der Waals surface area contributed by atoms with Gasteiger partial charge >= 0.3 is 5.97 Å². The molecule has 3 nitrogen and oxygen atoms in total. The number of carboxylic acids is 1. The SMILES string of the molecule is Cl.O=C(O)CCCCN1C2CCCC1CC2. The van der Waals surface area contributed by atoms with Gasteiger partial charge in [0.05, 0.1) is 0 Å². The minimum absolute atomic E-state index is 0. The monoisotopic (exact) mass is 247 g/mol. The van der Waals surface area contributed by atoms with Crippen LogP contribution in [0, 0.1) is 0 Å². The molecule has 0 aliphatic carbocycles. The van der Waals surface area contributed by atoms with Gasteiger partial charge in [-0.2, -0.15) is 0 Å². The fourth-order valence-electron chi connectivity index (χ4n) is 3.16. The van der Waals surface area contributed by atoms with Crippen LogP contribution in [0.4, 0.5) is 0 Å². The van der Waals surface area contributed by atoms with Crippen molar-refractivity contribution in [1.29, 1.82) is 0 Å². The molecular weight excluding hydrogens is 226 g/mol. The van der Waals surface area contributed by atoms with E-state index in [1.165, 1.54) is 32.1 Å². The Kier molecular flexibility index (Phi) is 5.56. The van der Waals surface area contributed by atoms with Crippen molar-refractivity contribution in [2.75, 3.05) is 6.54 Å². The lowest BCUT2D eigenvalue weighted by molar-refractivity contribution is -0.137. The normalized spacial score (nSPS) is 28.8. The van der Waals surface area contributed by atoms with Gasteiger partial charge in [0.1, 0.15) is 0 Å². The summed E-state index contributed by atoms with van der Waals surface area (Å²) in [5.74, 6) is -0.656. The van der Waals surface area contributed by atoms with E-state index < -0.39 is 5.97 Å². The van der Waals surface area contributed by atoms with Crippen molar-refractivity contribution in [3.8, 4) is 0 Å². The first-order chi connectivity index (χ1) is 7.27. The van der Waals surface area contributed by atoms with Crippen molar-refractivity contribution in [2.45, 2.75) is 63.5 Å². The molecule has 0 aromatic carbocycles. The number of hydrogen-bond acceptors (Lipinski definition) is 2. The summed E-state index contributed by atoms with van der Waals surface area (Å²) in [6, 6.07) is 1.65. The van der Waals surface area contributed by atoms with Crippen molar-refractivity contribution >= 4 is 18.4 Å². The number of halogens is 1. The van der Waals surface area contributed by atoms with Gasteiger partial charge in [0.2, 0.25) is 0 Å². The van der Waals surface area contributed by atoms with E-state index in [2.05, 4.69) is 4.90 Å². The zero-order chi connectivity index (χ0) is 10.7. The molecule has 0 radical (unpaired) electrons. The summed E-state index contributed by atoms with van der Waals surface area (Å²) in [6.45, 7) is 1.13. The molecule has 2 rings (SSSR count). The summed E-state index contributed by atoms with van der Waals surface area (Å²) < 4.78 is 0. The maximum atomic E-state index is 10.4. The van der Waals surface area contributed by atoms with E-state index in [1.54, 1.807) is 0 Å². The minimum Gasteiger partial charge on any atom is -0.481 e. The Hall–Kier alpha value is -0.280. The molecule has 0 aromatic rings. The highest BCUT2D eigenvalue weighted by molar-refractivity contribution is 5.85. The van der Waals surface area contributed by atoms with Crippen LogP contribution < -0.4 is 0 Å². The van der Waals surface area contributed by atoms with Crippen LogP contribution in [-0.4, -0.2) is 34.6 Å². The van der Waals surface area contributed by atoms with Crippen molar-refractivity contribution in [1.82, 2.24) is 4.90 Å². The van der Waals surface area contributed by atoms with E-state index in [4.69, 9.17) is 5.11 Å². The van der Waals surface area contributed by atoms with E-state index in [-0.39, 0.29) is 12.4 Å². The number of aliphatic carboxylic acids is 1. The Morgan fingerprint density at radius 1 is 1.12 bits per heavy atom. The largest absolute Gasteiger partial charge is 0.481 e. The van der Waals surface area contributed by atoms with Gasteiger partial charge in [0, 0.05) is 18.5 Å². The summed E-state index contributed by atoms with van der Waals surface area (Å²) in [5, 5.41) is 8.55. The van der Waals surface area contributed by atoms with Crippen molar-refractivity contribution in [3.63, 3.8) is 0 Å². The van der Waals surface area contributed by atoms with E-state index in [0.717, 1.165) is 31.5 Å². The van der Waals surface area contributed by atoms with Crippen LogP contribution in [0.2, 0.25) is 0 Å². The van der Waals surface area contributed by atoms with Crippen LogP contribution in [0.1, 0.15) is 51.4 Å². The number of unbranched alkanes of at least 4 members (excludes halogenated alkanes) is 1. The minimum atomic E-state index is -0.656. The molecule has 16 heavy (non-hydrogen) atoms. The highest BCUT2D eigenvalue weighted by atomic mass is 35.5. The molecule has 94 valence electrons. The van der Waals surface area contributed by atoms with E-state index in [9.17, 15) is 4.79 Å². The van der Waals surface area contributed by atoms with E-state index in [1.807, 2.05) is 0 Å². The molecule has 1 N–H and O–H groups in total. The smallest absolute Gasteiger partial charge is 0.303 e. The molecule has 2 aliphatic rings. The van der Waals surface area contributed by atoms with Gasteiger partial charge in [-0.05, 0) is 45.1 Å². The first-order valence-corrected chi connectivity index (χ1v) is 6.25. The highest BCUT2D eigenvalue weighted by Gasteiger charge is 2.35. The predicted octanol–water partition coefficient (Wildman–Crippen LogP) is 2.68. The number of carbonyl (C=O) groups is 1. The predicted molar refractivity (Wildman–Crippen MR) is 66.1 cm³/mol. The third-order valence-corrected chi connectivity index (χ3v) is 3.90. The van der Waals surface area contributed by atoms with Gasteiger partial charge < -0.3 is 5.11 Å². The third kappa shape index (κ3) is 3.36. The zero-order valence-corrected chi connectivity index (χ0v) is 10.5. The third-order valence-electron chi connectivity index (χ3n) is 3.90. The van der Waals surface area contributed by atoms with Gasteiger partial charge in [0.25, 0.3) is 0 Å². The molecule has 2 unspecified atom stereocenters. The van der Waals surface area contributed by atoms with Crippen LogP contribution in [0.15, 0.2) is 0 Å². The van der Waals surface area contributed by atoms with Gasteiger partial charge in [-0.3, -0.25) is 9.69 Å². The Bertz CT molecular complexity index is 219. The first-order valence-electron chi connectivity index (χ1n) is 6.25. The maximum absolute atomic E-state index is 10.4. The lowest BCUT2D eigenvalue weighted by Gasteiger charge is -2.34. The average Bonchev–Trinajstić information content (AvgIpc) is 2.45. The second-order valence-corrected chi connectivity index (χ2v) is 4.90. The number of carboxylic acid groups (broad SMARTS) is 1. The molecular formula is C12H22ClNO2. The van der Waals surface area contributed by atoms with Gasteiger partial charge in [-0.1, -0.05) is 6.42 Å².